The van der Waals surface area contributed by atoms with Crippen LogP contribution in [0.4, 0.5) is 17.1 Å². The van der Waals surface area contributed by atoms with Gasteiger partial charge in [-0.1, -0.05) is 12.0 Å². The van der Waals surface area contributed by atoms with Crippen LogP contribution in [0.2, 0.25) is 0 Å². The minimum absolute atomic E-state index is 0.0138. The number of anilines is 2. The van der Waals surface area contributed by atoms with E-state index in [0.29, 0.717) is 43.1 Å². The first kappa shape index (κ1) is 19.9. The van der Waals surface area contributed by atoms with Crippen molar-refractivity contribution in [3.05, 3.63) is 63.7 Å². The second-order valence-electron chi connectivity index (χ2n) is 6.63. The summed E-state index contributed by atoms with van der Waals surface area (Å²) in [6, 6.07) is 11.2. The number of nitrogens with one attached hydrogen (secondary N) is 1. The highest BCUT2D eigenvalue weighted by atomic mass is 16.6. The zero-order valence-electron chi connectivity index (χ0n) is 15.9. The Hall–Kier alpha value is -3.86. The zero-order valence-corrected chi connectivity index (χ0v) is 15.9. The van der Waals surface area contributed by atoms with Crippen LogP contribution in [0, 0.1) is 22.5 Å². The number of hydrogen-bond donors (Lipinski definition) is 1. The number of hydrogen-bond acceptors (Lipinski definition) is 5. The van der Waals surface area contributed by atoms with Crippen molar-refractivity contribution >= 4 is 28.9 Å². The molecule has 0 aromatic heterocycles. The molecule has 1 saturated heterocycles. The van der Waals surface area contributed by atoms with Crippen LogP contribution >= 0.6 is 0 Å². The van der Waals surface area contributed by atoms with Crippen LogP contribution in [0.1, 0.15) is 22.8 Å². The fourth-order valence-electron chi connectivity index (χ4n) is 3.23. The zero-order chi connectivity index (χ0) is 21.0. The van der Waals surface area contributed by atoms with Gasteiger partial charge in [-0.25, -0.2) is 0 Å². The van der Waals surface area contributed by atoms with Crippen LogP contribution in [-0.2, 0) is 4.79 Å². The molecule has 8 nitrogen and oxygen atoms in total. The number of carbonyl (C=O) groups excluding carboxylic acids is 2. The maximum atomic E-state index is 12.6. The molecular weight excluding hydrogens is 372 g/mol. The van der Waals surface area contributed by atoms with E-state index in [4.69, 9.17) is 6.42 Å². The summed E-state index contributed by atoms with van der Waals surface area (Å²) in [6.07, 6.45) is 5.36. The molecule has 2 amide bonds. The lowest BCUT2D eigenvalue weighted by Crippen LogP contribution is -2.48. The van der Waals surface area contributed by atoms with Gasteiger partial charge in [-0.2, -0.15) is 0 Å². The molecule has 0 radical (unpaired) electrons. The normalized spacial score (nSPS) is 13.5. The van der Waals surface area contributed by atoms with E-state index in [1.54, 1.807) is 41.3 Å². The molecule has 1 N–H and O–H groups in total. The molecule has 2 aromatic rings. The van der Waals surface area contributed by atoms with Crippen molar-refractivity contribution in [2.24, 2.45) is 0 Å². The van der Waals surface area contributed by atoms with Crippen molar-refractivity contribution in [1.29, 1.82) is 0 Å². The average molecular weight is 392 g/mol. The minimum atomic E-state index is -0.498. The highest BCUT2D eigenvalue weighted by Crippen LogP contribution is 2.30. The Balaban J connectivity index is 1.80. The smallest absolute Gasteiger partial charge is 0.293 e. The van der Waals surface area contributed by atoms with E-state index in [1.807, 2.05) is 4.90 Å². The molecule has 29 heavy (non-hydrogen) atoms. The third-order valence-corrected chi connectivity index (χ3v) is 4.79. The van der Waals surface area contributed by atoms with E-state index in [2.05, 4.69) is 11.2 Å². The second kappa shape index (κ2) is 8.44. The molecule has 148 valence electrons. The SMILES string of the molecule is C#Cc1cccc(NC(=O)c2ccc(N3CCN(C(C)=O)CC3)c([N+](=O)[O-])c2)c1. The fourth-order valence-corrected chi connectivity index (χ4v) is 3.23. The van der Waals surface area contributed by atoms with Crippen LogP contribution in [0.25, 0.3) is 0 Å². The lowest BCUT2D eigenvalue weighted by Gasteiger charge is -2.35. The van der Waals surface area contributed by atoms with Crippen LogP contribution in [0.5, 0.6) is 0 Å². The number of carbonyl (C=O) groups is 2. The first-order valence-electron chi connectivity index (χ1n) is 9.06. The van der Waals surface area contributed by atoms with Crippen molar-refractivity contribution in [2.75, 3.05) is 36.4 Å². The molecule has 0 aliphatic carbocycles. The number of amides is 2. The summed E-state index contributed by atoms with van der Waals surface area (Å²) in [7, 11) is 0. The number of benzene rings is 2. The van der Waals surface area contributed by atoms with Crippen LogP contribution < -0.4 is 10.2 Å². The van der Waals surface area contributed by atoms with E-state index in [0.717, 1.165) is 0 Å². The summed E-state index contributed by atoms with van der Waals surface area (Å²) in [5.74, 6) is 2.01. The topological polar surface area (TPSA) is 95.8 Å². The van der Waals surface area contributed by atoms with Gasteiger partial charge in [0.1, 0.15) is 5.69 Å². The molecule has 1 aliphatic heterocycles. The maximum absolute atomic E-state index is 12.6. The van der Waals surface area contributed by atoms with E-state index in [9.17, 15) is 19.7 Å². The molecule has 0 atom stereocenters. The molecule has 1 fully saturated rings. The van der Waals surface area contributed by atoms with E-state index < -0.39 is 10.8 Å². The number of terminal acetylenes is 1. The van der Waals surface area contributed by atoms with Gasteiger partial charge in [-0.05, 0) is 30.3 Å². The van der Waals surface area contributed by atoms with E-state index in [-0.39, 0.29) is 17.2 Å². The summed E-state index contributed by atoms with van der Waals surface area (Å²) in [5.41, 5.74) is 1.59. The van der Waals surface area contributed by atoms with Gasteiger partial charge in [0.05, 0.1) is 4.92 Å². The Morgan fingerprint density at radius 3 is 2.48 bits per heavy atom. The van der Waals surface area contributed by atoms with Crippen LogP contribution in [-0.4, -0.2) is 47.8 Å². The molecule has 8 heteroatoms. The highest BCUT2D eigenvalue weighted by Gasteiger charge is 2.25. The molecule has 2 aromatic carbocycles. The van der Waals surface area contributed by atoms with Gasteiger partial charge in [0, 0.05) is 56.0 Å². The number of nitro groups is 1. The number of piperazine rings is 1. The Bertz CT molecular complexity index is 1000. The van der Waals surface area contributed by atoms with Crippen molar-refractivity contribution in [1.82, 2.24) is 4.90 Å². The Morgan fingerprint density at radius 2 is 1.86 bits per heavy atom. The number of rotatable bonds is 4. The third kappa shape index (κ3) is 4.52. The summed E-state index contributed by atoms with van der Waals surface area (Å²) in [4.78, 5) is 38.7. The minimum Gasteiger partial charge on any atom is -0.362 e. The second-order valence-corrected chi connectivity index (χ2v) is 6.63. The third-order valence-electron chi connectivity index (χ3n) is 4.79. The molecule has 1 heterocycles. The van der Waals surface area contributed by atoms with Crippen molar-refractivity contribution < 1.29 is 14.5 Å². The first-order valence-corrected chi connectivity index (χ1v) is 9.06. The predicted octanol–water partition coefficient (Wildman–Crippen LogP) is 2.50. The predicted molar refractivity (Wildman–Crippen MR) is 110 cm³/mol. The van der Waals surface area contributed by atoms with Crippen LogP contribution in [0.15, 0.2) is 42.5 Å². The molecular formula is C21H20N4O4. The monoisotopic (exact) mass is 392 g/mol. The van der Waals surface area contributed by atoms with Gasteiger partial charge in [0.25, 0.3) is 11.6 Å². The lowest BCUT2D eigenvalue weighted by molar-refractivity contribution is -0.384. The molecule has 0 unspecified atom stereocenters. The lowest BCUT2D eigenvalue weighted by atomic mass is 10.1. The standard InChI is InChI=1S/C21H20N4O4/c1-3-16-5-4-6-18(13-16)22-21(27)17-7-8-19(20(14-17)25(28)29)24-11-9-23(10-12-24)15(2)26/h1,4-8,13-14H,9-12H2,2H3,(H,22,27). The number of nitrogens with zero attached hydrogens (tertiary/aromatic N) is 3. The Labute approximate surface area is 168 Å². The summed E-state index contributed by atoms with van der Waals surface area (Å²) in [5, 5.41) is 14.3. The van der Waals surface area contributed by atoms with Gasteiger partial charge in [0.2, 0.25) is 5.91 Å². The van der Waals surface area contributed by atoms with Gasteiger partial charge in [0.15, 0.2) is 0 Å². The molecule has 0 saturated carbocycles. The summed E-state index contributed by atoms with van der Waals surface area (Å²) < 4.78 is 0. The molecule has 3 rings (SSSR count). The van der Waals surface area contributed by atoms with Gasteiger partial charge >= 0.3 is 0 Å². The van der Waals surface area contributed by atoms with Gasteiger partial charge in [-0.15, -0.1) is 6.42 Å². The molecule has 0 spiro atoms. The molecule has 0 bridgehead atoms. The number of nitro benzene ring substituents is 1. The highest BCUT2D eigenvalue weighted by molar-refractivity contribution is 6.05. The van der Waals surface area contributed by atoms with Crippen molar-refractivity contribution in [3.8, 4) is 12.3 Å². The molecule has 1 aliphatic rings. The van der Waals surface area contributed by atoms with E-state index >= 15 is 0 Å². The Morgan fingerprint density at radius 1 is 1.14 bits per heavy atom. The van der Waals surface area contributed by atoms with Crippen molar-refractivity contribution in [2.45, 2.75) is 6.92 Å². The van der Waals surface area contributed by atoms with Crippen molar-refractivity contribution in [3.63, 3.8) is 0 Å². The fraction of sp³-hybridized carbons (Fsp3) is 0.238. The average Bonchev–Trinajstić information content (AvgIpc) is 2.73. The Kier molecular flexibility index (Phi) is 5.79. The van der Waals surface area contributed by atoms with E-state index in [1.165, 1.54) is 13.0 Å². The quantitative estimate of drug-likeness (QED) is 0.490. The largest absolute Gasteiger partial charge is 0.362 e. The maximum Gasteiger partial charge on any atom is 0.293 e. The summed E-state index contributed by atoms with van der Waals surface area (Å²) in [6.45, 7) is 3.49. The summed E-state index contributed by atoms with van der Waals surface area (Å²) >= 11 is 0. The van der Waals surface area contributed by atoms with Crippen LogP contribution in [0.3, 0.4) is 0 Å². The first-order chi connectivity index (χ1) is 13.9. The van der Waals surface area contributed by atoms with Gasteiger partial charge < -0.3 is 15.1 Å². The van der Waals surface area contributed by atoms with Gasteiger partial charge in [-0.3, -0.25) is 19.7 Å².